The Labute approximate surface area is 179 Å². The smallest absolute Gasteiger partial charge is 0.328 e. The number of pyridine rings is 3. The van der Waals surface area contributed by atoms with Gasteiger partial charge in [-0.05, 0) is 18.2 Å². The van der Waals surface area contributed by atoms with Crippen LogP contribution in [-0.4, -0.2) is 68.8 Å². The molecule has 5 heterocycles. The molecular weight excluding hydrogens is 394 g/mol. The van der Waals surface area contributed by atoms with Gasteiger partial charge in [0.05, 0.1) is 35.6 Å². The largest absolute Gasteiger partial charge is 0.481 e. The first-order valence-electron chi connectivity index (χ1n) is 10.4. The summed E-state index contributed by atoms with van der Waals surface area (Å²) in [5, 5.41) is 3.37. The van der Waals surface area contributed by atoms with Crippen LogP contribution in [-0.2, 0) is 13.6 Å². The van der Waals surface area contributed by atoms with Crippen LogP contribution in [0.1, 0.15) is 0 Å². The van der Waals surface area contributed by atoms with Crippen LogP contribution in [0.15, 0.2) is 41.5 Å². The van der Waals surface area contributed by atoms with Gasteiger partial charge >= 0.3 is 5.69 Å². The number of imidazole rings is 1. The van der Waals surface area contributed by atoms with E-state index in [-0.39, 0.29) is 5.69 Å². The number of nitrogens with zero attached hydrogens (tertiary/aromatic N) is 6. The number of ether oxygens (including phenoxy) is 1. The van der Waals surface area contributed by atoms with Crippen molar-refractivity contribution in [2.24, 2.45) is 7.05 Å². The molecule has 0 bridgehead atoms. The molecule has 9 heteroatoms. The molecule has 4 aromatic heterocycles. The molecule has 160 valence electrons. The van der Waals surface area contributed by atoms with Crippen LogP contribution in [0, 0.1) is 0 Å². The van der Waals surface area contributed by atoms with Crippen molar-refractivity contribution in [2.45, 2.75) is 6.54 Å². The fourth-order valence-electron chi connectivity index (χ4n) is 4.13. The number of rotatable bonds is 5. The normalized spacial score (nSPS) is 15.0. The highest BCUT2D eigenvalue weighted by molar-refractivity contribution is 6.00. The third-order valence-corrected chi connectivity index (χ3v) is 5.91. The van der Waals surface area contributed by atoms with E-state index in [1.807, 2.05) is 28.8 Å². The van der Waals surface area contributed by atoms with Gasteiger partial charge < -0.3 is 10.1 Å². The molecule has 1 fully saturated rings. The summed E-state index contributed by atoms with van der Waals surface area (Å²) in [6.45, 7) is 5.40. The summed E-state index contributed by atoms with van der Waals surface area (Å²) in [6.07, 6.45) is 3.50. The molecule has 1 N–H and O–H groups in total. The molecule has 0 amide bonds. The Kier molecular flexibility index (Phi) is 5.13. The average Bonchev–Trinajstić information content (AvgIpc) is 3.08. The molecule has 1 saturated heterocycles. The molecule has 9 nitrogen and oxygen atoms in total. The number of methoxy groups -OCH3 is 1. The zero-order valence-electron chi connectivity index (χ0n) is 17.7. The van der Waals surface area contributed by atoms with Crippen molar-refractivity contribution < 1.29 is 4.74 Å². The Balaban J connectivity index is 1.61. The molecule has 0 aliphatic carbocycles. The Hall–Kier alpha value is -3.30. The van der Waals surface area contributed by atoms with Gasteiger partial charge in [0.1, 0.15) is 5.52 Å². The summed E-state index contributed by atoms with van der Waals surface area (Å²) in [5.74, 6) is 0.554. The second-order valence-corrected chi connectivity index (χ2v) is 7.73. The topological polar surface area (TPSA) is 90.1 Å². The van der Waals surface area contributed by atoms with Crippen molar-refractivity contribution in [3.05, 3.63) is 47.1 Å². The number of nitrogens with one attached hydrogen (secondary N) is 1. The van der Waals surface area contributed by atoms with Crippen LogP contribution in [0.3, 0.4) is 0 Å². The minimum absolute atomic E-state index is 0.0437. The maximum absolute atomic E-state index is 13.0. The van der Waals surface area contributed by atoms with E-state index < -0.39 is 0 Å². The number of piperazine rings is 1. The number of fused-ring (bicyclic) bond motifs is 3. The molecule has 0 spiro atoms. The lowest BCUT2D eigenvalue weighted by molar-refractivity contribution is 0.232. The Bertz CT molecular complexity index is 1290. The molecular formula is C22H25N7O2. The first-order chi connectivity index (χ1) is 15.2. The maximum atomic E-state index is 13.0. The predicted molar refractivity (Wildman–Crippen MR) is 119 cm³/mol. The van der Waals surface area contributed by atoms with Crippen LogP contribution in [0.25, 0.3) is 33.3 Å². The molecule has 5 rings (SSSR count). The van der Waals surface area contributed by atoms with Gasteiger partial charge in [-0.1, -0.05) is 0 Å². The quantitative estimate of drug-likeness (QED) is 0.521. The van der Waals surface area contributed by atoms with Gasteiger partial charge in [-0.25, -0.2) is 14.8 Å². The van der Waals surface area contributed by atoms with Gasteiger partial charge in [0.25, 0.3) is 0 Å². The molecule has 1 aliphatic heterocycles. The fraction of sp³-hybridized carbons (Fsp3) is 0.364. The van der Waals surface area contributed by atoms with E-state index in [1.54, 1.807) is 31.1 Å². The molecule has 1 aliphatic rings. The zero-order valence-corrected chi connectivity index (χ0v) is 17.7. The first-order valence-corrected chi connectivity index (χ1v) is 10.4. The summed E-state index contributed by atoms with van der Waals surface area (Å²) in [6, 6.07) is 7.61. The molecule has 0 saturated carbocycles. The van der Waals surface area contributed by atoms with E-state index in [2.05, 4.69) is 20.2 Å². The Morgan fingerprint density at radius 3 is 2.65 bits per heavy atom. The third-order valence-electron chi connectivity index (χ3n) is 5.91. The summed E-state index contributed by atoms with van der Waals surface area (Å²) in [4.78, 5) is 29.2. The lowest BCUT2D eigenvalue weighted by Gasteiger charge is -2.27. The molecule has 0 atom stereocenters. The van der Waals surface area contributed by atoms with Crippen molar-refractivity contribution in [2.75, 3.05) is 39.8 Å². The monoisotopic (exact) mass is 419 g/mol. The summed E-state index contributed by atoms with van der Waals surface area (Å²) in [5.41, 5.74) is 4.72. The highest BCUT2D eigenvalue weighted by Gasteiger charge is 2.18. The van der Waals surface area contributed by atoms with Crippen LogP contribution in [0.2, 0.25) is 0 Å². The van der Waals surface area contributed by atoms with E-state index >= 15 is 0 Å². The van der Waals surface area contributed by atoms with Gasteiger partial charge in [0, 0.05) is 64.1 Å². The molecule has 4 aromatic rings. The fourth-order valence-corrected chi connectivity index (χ4v) is 4.13. The molecule has 0 aromatic carbocycles. The standard InChI is InChI=1S/C22H25N7O2/c1-27-18-14-24-17-5-4-16(15-3-6-19(31-2)25-13-15)26-20(17)21(18)29(22(27)30)12-11-28-9-7-23-8-10-28/h3-6,13-14,23H,7-12H2,1-2H3. The Morgan fingerprint density at radius 1 is 1.06 bits per heavy atom. The molecule has 31 heavy (non-hydrogen) atoms. The summed E-state index contributed by atoms with van der Waals surface area (Å²) in [7, 11) is 3.38. The number of hydrogen-bond acceptors (Lipinski definition) is 7. The second-order valence-electron chi connectivity index (χ2n) is 7.73. The minimum atomic E-state index is -0.0437. The van der Waals surface area contributed by atoms with Crippen LogP contribution in [0.4, 0.5) is 0 Å². The highest BCUT2D eigenvalue weighted by atomic mass is 16.5. The second kappa shape index (κ2) is 8.09. The minimum Gasteiger partial charge on any atom is -0.481 e. The van der Waals surface area contributed by atoms with Crippen LogP contribution in [0.5, 0.6) is 5.88 Å². The van der Waals surface area contributed by atoms with Crippen molar-refractivity contribution in [1.29, 1.82) is 0 Å². The lowest BCUT2D eigenvalue weighted by Crippen LogP contribution is -2.45. The van der Waals surface area contributed by atoms with Crippen LogP contribution < -0.4 is 15.7 Å². The first kappa shape index (κ1) is 19.7. The van der Waals surface area contributed by atoms with E-state index in [4.69, 9.17) is 9.72 Å². The van der Waals surface area contributed by atoms with Gasteiger partial charge in [0.2, 0.25) is 5.88 Å². The third kappa shape index (κ3) is 3.55. The van der Waals surface area contributed by atoms with E-state index in [1.165, 1.54) is 0 Å². The number of hydrogen-bond donors (Lipinski definition) is 1. The van der Waals surface area contributed by atoms with Gasteiger partial charge in [0.15, 0.2) is 0 Å². The lowest BCUT2D eigenvalue weighted by atomic mass is 10.1. The maximum Gasteiger partial charge on any atom is 0.328 e. The average molecular weight is 419 g/mol. The van der Waals surface area contributed by atoms with E-state index in [0.717, 1.165) is 66.0 Å². The van der Waals surface area contributed by atoms with Crippen LogP contribution >= 0.6 is 0 Å². The van der Waals surface area contributed by atoms with Gasteiger partial charge in [-0.15, -0.1) is 0 Å². The van der Waals surface area contributed by atoms with Crippen molar-refractivity contribution in [3.63, 3.8) is 0 Å². The highest BCUT2D eigenvalue weighted by Crippen LogP contribution is 2.25. The summed E-state index contributed by atoms with van der Waals surface area (Å²) < 4.78 is 8.64. The Morgan fingerprint density at radius 2 is 1.90 bits per heavy atom. The van der Waals surface area contributed by atoms with Crippen molar-refractivity contribution in [3.8, 4) is 17.1 Å². The van der Waals surface area contributed by atoms with Gasteiger partial charge in [-0.3, -0.25) is 19.0 Å². The predicted octanol–water partition coefficient (Wildman–Crippen LogP) is 1.26. The number of aromatic nitrogens is 5. The van der Waals surface area contributed by atoms with Crippen molar-refractivity contribution in [1.82, 2.24) is 34.3 Å². The zero-order chi connectivity index (χ0) is 21.4. The van der Waals surface area contributed by atoms with Gasteiger partial charge in [-0.2, -0.15) is 0 Å². The molecule has 0 unspecified atom stereocenters. The SMILES string of the molecule is COc1ccc(-c2ccc3ncc4c(c3n2)n(CCN2CCNCC2)c(=O)n4C)cn1. The summed E-state index contributed by atoms with van der Waals surface area (Å²) >= 11 is 0. The van der Waals surface area contributed by atoms with E-state index in [9.17, 15) is 4.79 Å². The van der Waals surface area contributed by atoms with Crippen molar-refractivity contribution >= 4 is 22.1 Å². The molecule has 0 radical (unpaired) electrons. The van der Waals surface area contributed by atoms with E-state index in [0.29, 0.717) is 12.4 Å². The number of aryl methyl sites for hydroxylation is 1.